The van der Waals surface area contributed by atoms with Gasteiger partial charge in [0.25, 0.3) is 0 Å². The number of hydrogen-bond acceptors (Lipinski definition) is 3. The topological polar surface area (TPSA) is 57.5 Å². The Balaban J connectivity index is 2.99. The smallest absolute Gasteiger partial charge is 0.335 e. The zero-order valence-corrected chi connectivity index (χ0v) is 6.39. The molecule has 0 heterocycles. The molecule has 0 fully saturated rings. The number of carbonyl (C=O) groups is 1. The van der Waals surface area contributed by atoms with E-state index in [-0.39, 0.29) is 17.8 Å². The van der Waals surface area contributed by atoms with Gasteiger partial charge >= 0.3 is 5.97 Å². The van der Waals surface area contributed by atoms with E-state index >= 15 is 0 Å². The van der Waals surface area contributed by atoms with Crippen molar-refractivity contribution in [3.8, 4) is 0 Å². The molecule has 1 aliphatic rings. The van der Waals surface area contributed by atoms with Crippen LogP contribution >= 0.6 is 12.2 Å². The fourth-order valence-corrected chi connectivity index (χ4v) is 0.994. The van der Waals surface area contributed by atoms with Gasteiger partial charge in [-0.05, 0) is 12.2 Å². The highest BCUT2D eigenvalue weighted by Gasteiger charge is 2.16. The number of aliphatic hydroxyl groups excluding tert-OH is 1. The van der Waals surface area contributed by atoms with E-state index in [1.807, 2.05) is 0 Å². The molecule has 0 unspecified atom stereocenters. The predicted octanol–water partition coefficient (Wildman–Crippen LogP) is 1.21. The third-order valence-electron chi connectivity index (χ3n) is 1.35. The maximum atomic E-state index is 10.4. The van der Waals surface area contributed by atoms with Gasteiger partial charge in [-0.15, -0.1) is 0 Å². The minimum Gasteiger partial charge on any atom is -0.507 e. The maximum Gasteiger partial charge on any atom is 0.335 e. The molecule has 0 saturated heterocycles. The fraction of sp³-hybridized carbons (Fsp3) is 0.143. The van der Waals surface area contributed by atoms with Crippen LogP contribution in [0.3, 0.4) is 0 Å². The Morgan fingerprint density at radius 2 is 2.18 bits per heavy atom. The molecule has 11 heavy (non-hydrogen) atoms. The molecule has 0 saturated carbocycles. The van der Waals surface area contributed by atoms with Crippen molar-refractivity contribution >= 4 is 23.1 Å². The van der Waals surface area contributed by atoms with Gasteiger partial charge in [-0.25, -0.2) is 4.79 Å². The SMILES string of the molecule is O=C(O)C1=C(O)C=CC(=S)C1. The minimum absolute atomic E-state index is 0.0301. The van der Waals surface area contributed by atoms with E-state index in [4.69, 9.17) is 22.4 Å². The molecule has 0 spiro atoms. The third-order valence-corrected chi connectivity index (χ3v) is 1.63. The van der Waals surface area contributed by atoms with Crippen molar-refractivity contribution in [1.29, 1.82) is 0 Å². The van der Waals surface area contributed by atoms with Crippen molar-refractivity contribution in [3.05, 3.63) is 23.5 Å². The monoisotopic (exact) mass is 170 g/mol. The van der Waals surface area contributed by atoms with Crippen LogP contribution in [0.25, 0.3) is 0 Å². The lowest BCUT2D eigenvalue weighted by molar-refractivity contribution is -0.132. The summed E-state index contributed by atoms with van der Waals surface area (Å²) in [5.41, 5.74) is -0.0301. The highest BCUT2D eigenvalue weighted by atomic mass is 32.1. The first-order valence-corrected chi connectivity index (χ1v) is 3.38. The van der Waals surface area contributed by atoms with Gasteiger partial charge in [-0.1, -0.05) is 12.2 Å². The second-order valence-corrected chi connectivity index (χ2v) is 2.67. The molecule has 0 bridgehead atoms. The molecule has 0 aromatic heterocycles. The third kappa shape index (κ3) is 1.65. The van der Waals surface area contributed by atoms with Crippen LogP contribution in [-0.2, 0) is 4.79 Å². The van der Waals surface area contributed by atoms with E-state index in [0.717, 1.165) is 0 Å². The Morgan fingerprint density at radius 1 is 1.55 bits per heavy atom. The lowest BCUT2D eigenvalue weighted by atomic mass is 10.0. The van der Waals surface area contributed by atoms with Crippen molar-refractivity contribution in [3.63, 3.8) is 0 Å². The number of aliphatic hydroxyl groups is 1. The van der Waals surface area contributed by atoms with Crippen LogP contribution in [0.5, 0.6) is 0 Å². The van der Waals surface area contributed by atoms with Crippen LogP contribution in [0.2, 0.25) is 0 Å². The van der Waals surface area contributed by atoms with Crippen LogP contribution in [-0.4, -0.2) is 21.0 Å². The highest BCUT2D eigenvalue weighted by molar-refractivity contribution is 7.80. The van der Waals surface area contributed by atoms with E-state index in [1.165, 1.54) is 12.2 Å². The number of carboxylic acids is 1. The van der Waals surface area contributed by atoms with Gasteiger partial charge in [0.1, 0.15) is 5.76 Å². The molecule has 3 nitrogen and oxygen atoms in total. The van der Waals surface area contributed by atoms with E-state index < -0.39 is 5.97 Å². The van der Waals surface area contributed by atoms with E-state index in [1.54, 1.807) is 0 Å². The normalized spacial score (nSPS) is 17.3. The fourth-order valence-electron chi connectivity index (χ4n) is 0.781. The summed E-state index contributed by atoms with van der Waals surface area (Å²) in [6, 6.07) is 0. The quantitative estimate of drug-likeness (QED) is 0.581. The number of thiocarbonyl (C=S) groups is 1. The Bertz CT molecular complexity index is 275. The summed E-state index contributed by atoms with van der Waals surface area (Å²) in [6.07, 6.45) is 2.97. The van der Waals surface area contributed by atoms with Gasteiger partial charge in [0.15, 0.2) is 0 Å². The molecule has 0 amide bonds. The van der Waals surface area contributed by atoms with Gasteiger partial charge in [-0.3, -0.25) is 0 Å². The molecule has 0 aromatic carbocycles. The van der Waals surface area contributed by atoms with Crippen LogP contribution < -0.4 is 0 Å². The molecule has 2 N–H and O–H groups in total. The molecule has 1 rings (SSSR count). The van der Waals surface area contributed by atoms with Crippen LogP contribution in [0.15, 0.2) is 23.5 Å². The van der Waals surface area contributed by atoms with Crippen molar-refractivity contribution in [1.82, 2.24) is 0 Å². The molecule has 4 heteroatoms. The van der Waals surface area contributed by atoms with Crippen molar-refractivity contribution in [2.45, 2.75) is 6.42 Å². The molecular weight excluding hydrogens is 164 g/mol. The highest BCUT2D eigenvalue weighted by Crippen LogP contribution is 2.15. The lowest BCUT2D eigenvalue weighted by Gasteiger charge is -2.07. The molecule has 0 atom stereocenters. The Labute approximate surface area is 68.7 Å². The van der Waals surface area contributed by atoms with Gasteiger partial charge in [0.2, 0.25) is 0 Å². The summed E-state index contributed by atoms with van der Waals surface area (Å²) >= 11 is 4.76. The molecule has 0 aromatic rings. The van der Waals surface area contributed by atoms with Crippen molar-refractivity contribution in [2.24, 2.45) is 0 Å². The molecule has 58 valence electrons. The number of aliphatic carboxylic acids is 1. The second kappa shape index (κ2) is 2.84. The average Bonchev–Trinajstić information content (AvgIpc) is 1.94. The zero-order chi connectivity index (χ0) is 8.43. The Morgan fingerprint density at radius 3 is 2.64 bits per heavy atom. The van der Waals surface area contributed by atoms with Crippen LogP contribution in [0.1, 0.15) is 6.42 Å². The first kappa shape index (κ1) is 7.94. The molecule has 0 aliphatic heterocycles. The summed E-state index contributed by atoms with van der Waals surface area (Å²) in [7, 11) is 0. The maximum absolute atomic E-state index is 10.4. The summed E-state index contributed by atoms with van der Waals surface area (Å²) in [5.74, 6) is -1.32. The number of rotatable bonds is 1. The Kier molecular flexibility index (Phi) is 2.05. The van der Waals surface area contributed by atoms with Crippen molar-refractivity contribution in [2.75, 3.05) is 0 Å². The number of hydrogen-bond donors (Lipinski definition) is 2. The summed E-state index contributed by atoms with van der Waals surface area (Å²) in [5, 5.41) is 17.5. The van der Waals surface area contributed by atoms with Gasteiger partial charge in [-0.2, -0.15) is 0 Å². The van der Waals surface area contributed by atoms with Gasteiger partial charge in [0, 0.05) is 11.3 Å². The van der Waals surface area contributed by atoms with Crippen molar-refractivity contribution < 1.29 is 15.0 Å². The zero-order valence-electron chi connectivity index (χ0n) is 5.57. The first-order chi connectivity index (χ1) is 5.11. The van der Waals surface area contributed by atoms with E-state index in [2.05, 4.69) is 0 Å². The second-order valence-electron chi connectivity index (χ2n) is 2.15. The summed E-state index contributed by atoms with van der Waals surface area (Å²) in [4.78, 5) is 10.9. The van der Waals surface area contributed by atoms with E-state index in [0.29, 0.717) is 4.86 Å². The summed E-state index contributed by atoms with van der Waals surface area (Å²) < 4.78 is 0. The first-order valence-electron chi connectivity index (χ1n) is 2.97. The van der Waals surface area contributed by atoms with Gasteiger partial charge < -0.3 is 10.2 Å². The van der Waals surface area contributed by atoms with Gasteiger partial charge in [0.05, 0.1) is 5.57 Å². The molecular formula is C7H6O3S. The summed E-state index contributed by atoms with van der Waals surface area (Å²) in [6.45, 7) is 0. The molecule has 0 radical (unpaired) electrons. The largest absolute Gasteiger partial charge is 0.507 e. The van der Waals surface area contributed by atoms with Crippen LogP contribution in [0, 0.1) is 0 Å². The average molecular weight is 170 g/mol. The number of allylic oxidation sites excluding steroid dienone is 2. The Hall–Kier alpha value is -1.16. The van der Waals surface area contributed by atoms with Crippen LogP contribution in [0.4, 0.5) is 0 Å². The predicted molar refractivity (Wildman–Crippen MR) is 43.6 cm³/mol. The molecule has 1 aliphatic carbocycles. The standard InChI is InChI=1S/C7H6O3S/c8-6-2-1-4(11)3-5(6)7(9)10/h1-2,8H,3H2,(H,9,10). The lowest BCUT2D eigenvalue weighted by Crippen LogP contribution is -2.10. The number of carboxylic acid groups (broad SMARTS) is 1. The minimum atomic E-state index is -1.12. The van der Waals surface area contributed by atoms with E-state index in [9.17, 15) is 4.79 Å².